The molecule has 2 amide bonds. The van der Waals surface area contributed by atoms with Crippen LogP contribution in [0.4, 0.5) is 0 Å². The average molecular weight is 617 g/mol. The largest absolute Gasteiger partial charge is 0.481 e. The van der Waals surface area contributed by atoms with Crippen LogP contribution in [0.25, 0.3) is 0 Å². The maximum absolute atomic E-state index is 14.6. The second-order valence-corrected chi connectivity index (χ2v) is 15.2. The molecule has 2 aromatic rings. The maximum Gasteiger partial charge on any atom is 0.305 e. The number of benzene rings is 2. The summed E-state index contributed by atoms with van der Waals surface area (Å²) in [5, 5.41) is 11.6. The molecule has 0 aromatic heterocycles. The SMILES string of the molecule is CN(Cc1ccccc1)C1=NC2(CCC(C(C)(C)C)CC2)N([C@H](CCC(C)(C)C)c2ccc(C(=O)NCCC(=O)O)cc2)C1=O. The summed E-state index contributed by atoms with van der Waals surface area (Å²) in [4.78, 5) is 47.6. The predicted molar refractivity (Wildman–Crippen MR) is 179 cm³/mol. The molecule has 1 aliphatic heterocycles. The molecule has 2 N–H and O–H groups in total. The Morgan fingerprint density at radius 2 is 1.64 bits per heavy atom. The lowest BCUT2D eigenvalue weighted by Gasteiger charge is -2.47. The van der Waals surface area contributed by atoms with Crippen LogP contribution in [0.2, 0.25) is 0 Å². The van der Waals surface area contributed by atoms with Gasteiger partial charge in [-0.15, -0.1) is 0 Å². The lowest BCUT2D eigenvalue weighted by molar-refractivity contribution is -0.137. The molecule has 1 spiro atoms. The van der Waals surface area contributed by atoms with Gasteiger partial charge in [-0.05, 0) is 78.5 Å². The number of amides is 2. The molecule has 0 unspecified atom stereocenters. The molecule has 1 saturated carbocycles. The number of carbonyl (C=O) groups is 3. The quantitative estimate of drug-likeness (QED) is 0.298. The number of aliphatic imine (C=N–C) groups is 1. The summed E-state index contributed by atoms with van der Waals surface area (Å²) >= 11 is 0. The van der Waals surface area contributed by atoms with Gasteiger partial charge in [0.05, 0.1) is 12.5 Å². The monoisotopic (exact) mass is 616 g/mol. The minimum Gasteiger partial charge on any atom is -0.481 e. The van der Waals surface area contributed by atoms with E-state index in [9.17, 15) is 14.4 Å². The molecule has 1 aliphatic carbocycles. The Balaban J connectivity index is 1.69. The van der Waals surface area contributed by atoms with Crippen LogP contribution in [0, 0.1) is 16.7 Å². The lowest BCUT2D eigenvalue weighted by atomic mass is 9.69. The molecule has 1 heterocycles. The van der Waals surface area contributed by atoms with Gasteiger partial charge in [0.1, 0.15) is 5.66 Å². The summed E-state index contributed by atoms with van der Waals surface area (Å²) in [6.45, 7) is 14.3. The summed E-state index contributed by atoms with van der Waals surface area (Å²) in [5.74, 6) is -0.214. The minimum absolute atomic E-state index is 0.0305. The smallest absolute Gasteiger partial charge is 0.305 e. The Morgan fingerprint density at radius 3 is 2.20 bits per heavy atom. The van der Waals surface area contributed by atoms with Crippen LogP contribution in [-0.2, 0) is 16.1 Å². The zero-order valence-electron chi connectivity index (χ0n) is 28.2. The number of likely N-dealkylation sites (N-methyl/N-ethyl adjacent to an activating group) is 1. The Labute approximate surface area is 269 Å². The molecule has 0 radical (unpaired) electrons. The van der Waals surface area contributed by atoms with E-state index in [0.717, 1.165) is 49.7 Å². The number of carbonyl (C=O) groups excluding carboxylic acids is 2. The number of carboxylic acids is 1. The first kappa shape index (κ1) is 34.2. The Hall–Kier alpha value is -3.68. The van der Waals surface area contributed by atoms with Crippen molar-refractivity contribution in [1.82, 2.24) is 15.1 Å². The number of rotatable bonds is 10. The third-order valence-electron chi connectivity index (χ3n) is 9.47. The normalized spacial score (nSPS) is 21.0. The highest BCUT2D eigenvalue weighted by Crippen LogP contribution is 2.50. The fraction of sp³-hybridized carbons (Fsp3) is 0.568. The van der Waals surface area contributed by atoms with Gasteiger partial charge in [-0.3, -0.25) is 14.4 Å². The molecular formula is C37H52N4O4. The summed E-state index contributed by atoms with van der Waals surface area (Å²) in [7, 11) is 1.96. The Bertz CT molecular complexity index is 1360. The van der Waals surface area contributed by atoms with E-state index >= 15 is 0 Å². The van der Waals surface area contributed by atoms with E-state index in [1.165, 1.54) is 0 Å². The second-order valence-electron chi connectivity index (χ2n) is 15.2. The average Bonchev–Trinajstić information content (AvgIpc) is 3.24. The van der Waals surface area contributed by atoms with E-state index in [1.54, 1.807) is 12.1 Å². The summed E-state index contributed by atoms with van der Waals surface area (Å²) < 4.78 is 0. The summed E-state index contributed by atoms with van der Waals surface area (Å²) in [5.41, 5.74) is 2.21. The molecule has 244 valence electrons. The first-order chi connectivity index (χ1) is 21.1. The van der Waals surface area contributed by atoms with Crippen LogP contribution in [0.5, 0.6) is 0 Å². The number of hydrogen-bond acceptors (Lipinski definition) is 5. The topological polar surface area (TPSA) is 102 Å². The first-order valence-electron chi connectivity index (χ1n) is 16.4. The molecule has 1 fully saturated rings. The van der Waals surface area contributed by atoms with Gasteiger partial charge in [0.15, 0.2) is 5.84 Å². The highest BCUT2D eigenvalue weighted by atomic mass is 16.4. The third kappa shape index (κ3) is 8.53. The number of hydrogen-bond donors (Lipinski definition) is 2. The molecule has 2 aromatic carbocycles. The van der Waals surface area contributed by atoms with Gasteiger partial charge in [0, 0.05) is 25.7 Å². The van der Waals surface area contributed by atoms with Crippen molar-refractivity contribution in [2.24, 2.45) is 21.7 Å². The Kier molecular flexibility index (Phi) is 10.5. The zero-order chi connectivity index (χ0) is 33.0. The number of nitrogens with one attached hydrogen (secondary N) is 1. The van der Waals surface area contributed by atoms with Crippen molar-refractivity contribution in [3.05, 3.63) is 71.3 Å². The van der Waals surface area contributed by atoms with Crippen LogP contribution >= 0.6 is 0 Å². The van der Waals surface area contributed by atoms with Gasteiger partial charge in [0.25, 0.3) is 11.8 Å². The van der Waals surface area contributed by atoms with Gasteiger partial charge < -0.3 is 20.2 Å². The maximum atomic E-state index is 14.6. The van der Waals surface area contributed by atoms with Gasteiger partial charge in [0.2, 0.25) is 0 Å². The van der Waals surface area contributed by atoms with Gasteiger partial charge in [-0.1, -0.05) is 84.0 Å². The number of nitrogens with zero attached hydrogens (tertiary/aromatic N) is 3. The van der Waals surface area contributed by atoms with E-state index in [0.29, 0.717) is 23.9 Å². The van der Waals surface area contributed by atoms with Crippen LogP contribution in [-0.4, -0.2) is 57.8 Å². The van der Waals surface area contributed by atoms with E-state index < -0.39 is 11.6 Å². The van der Waals surface area contributed by atoms with Crippen molar-refractivity contribution < 1.29 is 19.5 Å². The van der Waals surface area contributed by atoms with E-state index in [-0.39, 0.29) is 41.7 Å². The van der Waals surface area contributed by atoms with E-state index in [2.05, 4.69) is 63.9 Å². The van der Waals surface area contributed by atoms with Gasteiger partial charge in [-0.2, -0.15) is 0 Å². The fourth-order valence-corrected chi connectivity index (χ4v) is 6.76. The summed E-state index contributed by atoms with van der Waals surface area (Å²) in [6, 6.07) is 17.4. The van der Waals surface area contributed by atoms with Crippen molar-refractivity contribution in [2.75, 3.05) is 13.6 Å². The van der Waals surface area contributed by atoms with Crippen LogP contribution < -0.4 is 5.32 Å². The van der Waals surface area contributed by atoms with Crippen LogP contribution in [0.1, 0.15) is 114 Å². The molecule has 0 saturated heterocycles. The molecule has 0 bridgehead atoms. The van der Waals surface area contributed by atoms with Crippen molar-refractivity contribution in [3.63, 3.8) is 0 Å². The molecular weight excluding hydrogens is 564 g/mol. The highest BCUT2D eigenvalue weighted by Gasteiger charge is 2.53. The van der Waals surface area contributed by atoms with Crippen LogP contribution in [0.3, 0.4) is 0 Å². The molecule has 8 heteroatoms. The first-order valence-corrected chi connectivity index (χ1v) is 16.4. The standard InChI is InChI=1S/C37H52N4O4/c1-35(2,3)21-19-30(27-13-15-28(16-14-27)33(44)38-24-20-31(42)43)41-34(45)32(40(7)25-26-11-9-8-10-12-26)39-37(41)22-17-29(18-23-37)36(4,5)6/h8-16,29-30H,17-25H2,1-7H3,(H,38,44)(H,42,43)/t29?,30-,37?/m1/s1. The number of aliphatic carboxylic acids is 1. The molecule has 8 nitrogen and oxygen atoms in total. The second kappa shape index (κ2) is 13.8. The molecule has 2 aliphatic rings. The molecule has 1 atom stereocenters. The number of amidine groups is 1. The zero-order valence-corrected chi connectivity index (χ0v) is 28.2. The van der Waals surface area contributed by atoms with Crippen molar-refractivity contribution in [2.45, 2.75) is 105 Å². The summed E-state index contributed by atoms with van der Waals surface area (Å²) in [6.07, 6.45) is 5.21. The van der Waals surface area contributed by atoms with Gasteiger partial charge in [-0.25, -0.2) is 4.99 Å². The number of carboxylic acid groups (broad SMARTS) is 1. The predicted octanol–water partition coefficient (Wildman–Crippen LogP) is 7.06. The fourth-order valence-electron chi connectivity index (χ4n) is 6.76. The third-order valence-corrected chi connectivity index (χ3v) is 9.47. The van der Waals surface area contributed by atoms with Crippen LogP contribution in [0.15, 0.2) is 59.6 Å². The molecule has 4 rings (SSSR count). The Morgan fingerprint density at radius 1 is 1.02 bits per heavy atom. The highest BCUT2D eigenvalue weighted by molar-refractivity contribution is 6.39. The van der Waals surface area contributed by atoms with Crippen molar-refractivity contribution in [1.29, 1.82) is 0 Å². The van der Waals surface area contributed by atoms with Crippen molar-refractivity contribution >= 4 is 23.6 Å². The molecule has 45 heavy (non-hydrogen) atoms. The van der Waals surface area contributed by atoms with Crippen molar-refractivity contribution in [3.8, 4) is 0 Å². The van der Waals surface area contributed by atoms with E-state index in [4.69, 9.17) is 10.1 Å². The van der Waals surface area contributed by atoms with E-state index in [1.807, 2.05) is 42.3 Å². The minimum atomic E-state index is -0.955. The van der Waals surface area contributed by atoms with Gasteiger partial charge >= 0.3 is 5.97 Å². The lowest BCUT2D eigenvalue weighted by Crippen LogP contribution is -2.52.